The lowest BCUT2D eigenvalue weighted by atomic mass is 9.75. The van der Waals surface area contributed by atoms with Crippen LogP contribution in [0, 0.1) is 42.0 Å². The maximum Gasteiger partial charge on any atom is 0.495 e. The average molecular weight is 1090 g/mol. The van der Waals surface area contributed by atoms with Crippen molar-refractivity contribution < 1.29 is 46.7 Å². The van der Waals surface area contributed by atoms with E-state index < -0.39 is 30.2 Å². The zero-order valence-electron chi connectivity index (χ0n) is 43.6. The Morgan fingerprint density at radius 1 is 0.653 bits per heavy atom. The number of hydrogen-bond acceptors (Lipinski definition) is 14. The van der Waals surface area contributed by atoms with Gasteiger partial charge in [0, 0.05) is 86.1 Å². The first kappa shape index (κ1) is 54.0. The summed E-state index contributed by atoms with van der Waals surface area (Å²) in [4.78, 5) is 28.5. The van der Waals surface area contributed by atoms with Crippen LogP contribution in [0.3, 0.4) is 0 Å². The fraction of sp³-hybridized carbons (Fsp3) is 0.491. The van der Waals surface area contributed by atoms with Crippen LogP contribution in [0.1, 0.15) is 91.2 Å². The van der Waals surface area contributed by atoms with Crippen LogP contribution in [0.2, 0.25) is 0 Å². The van der Waals surface area contributed by atoms with Gasteiger partial charge in [0.2, 0.25) is 23.4 Å². The summed E-state index contributed by atoms with van der Waals surface area (Å²) in [5.41, 5.74) is 13.5. The second kappa shape index (κ2) is 20.9. The number of benzene rings is 4. The van der Waals surface area contributed by atoms with Crippen molar-refractivity contribution in [1.29, 1.82) is 0 Å². The van der Waals surface area contributed by atoms with Crippen LogP contribution in [0.15, 0.2) is 87.3 Å². The van der Waals surface area contributed by atoms with Crippen molar-refractivity contribution in [3.05, 3.63) is 123 Å². The molecule has 0 amide bonds. The molecule has 16 nitrogen and oxygen atoms in total. The van der Waals surface area contributed by atoms with Crippen molar-refractivity contribution in [1.82, 2.24) is 10.1 Å². The first-order chi connectivity index (χ1) is 35.5. The third kappa shape index (κ3) is 11.6. The smallest absolute Gasteiger partial charge is 0.489 e. The molecule has 0 saturated carbocycles. The molecule has 7 aliphatic heterocycles. The van der Waals surface area contributed by atoms with E-state index in [0.717, 1.165) is 48.1 Å². The predicted molar refractivity (Wildman–Crippen MR) is 284 cm³/mol. The highest BCUT2D eigenvalue weighted by Crippen LogP contribution is 2.52. The number of nitrogens with two attached hydrogens (primary N) is 2. The Bertz CT molecular complexity index is 2960. The van der Waals surface area contributed by atoms with Crippen LogP contribution in [0.25, 0.3) is 20.8 Å². The highest BCUT2D eigenvalue weighted by Gasteiger charge is 2.53. The first-order valence-electron chi connectivity index (χ1n) is 25.2. The number of rotatable bonds is 4. The van der Waals surface area contributed by atoms with Crippen LogP contribution >= 0.6 is 15.9 Å². The van der Waals surface area contributed by atoms with Gasteiger partial charge in [-0.15, -0.1) is 0 Å². The molecule has 2 spiro atoms. The van der Waals surface area contributed by atoms with E-state index in [9.17, 15) is 8.78 Å². The van der Waals surface area contributed by atoms with E-state index in [1.165, 1.54) is 35.4 Å². The molecular formula is C55H64BBrF2N8O8. The van der Waals surface area contributed by atoms with Crippen molar-refractivity contribution in [3.8, 4) is 22.6 Å². The van der Waals surface area contributed by atoms with Gasteiger partial charge in [-0.3, -0.25) is 0 Å². The number of hydroxylamine groups is 4. The highest BCUT2D eigenvalue weighted by atomic mass is 79.9. The van der Waals surface area contributed by atoms with Crippen LogP contribution in [0.5, 0.6) is 11.5 Å². The average Bonchev–Trinajstić information content (AvgIpc) is 3.83. The zero-order chi connectivity index (χ0) is 53.7. The number of aliphatic imine (C=N–C) groups is 2. The highest BCUT2D eigenvalue weighted by molar-refractivity contribution is 9.10. The van der Waals surface area contributed by atoms with E-state index >= 15 is 0 Å². The number of halogens is 3. The third-order valence-electron chi connectivity index (χ3n) is 14.6. The van der Waals surface area contributed by atoms with Crippen LogP contribution in [-0.4, -0.2) is 93.1 Å². The maximum atomic E-state index is 14.7. The van der Waals surface area contributed by atoms with Gasteiger partial charge in [-0.1, -0.05) is 54.0 Å². The molecule has 6 unspecified atom stereocenters. The van der Waals surface area contributed by atoms with E-state index in [-0.39, 0.29) is 40.7 Å². The quantitative estimate of drug-likeness (QED) is 0.147. The van der Waals surface area contributed by atoms with Crippen LogP contribution < -0.4 is 26.4 Å². The molecular weight excluding hydrogens is 1030 g/mol. The number of fused-ring (bicyclic) bond motifs is 4. The van der Waals surface area contributed by atoms with Gasteiger partial charge >= 0.3 is 7.12 Å². The molecule has 0 radical (unpaired) electrons. The van der Waals surface area contributed by atoms with Crippen molar-refractivity contribution in [2.75, 3.05) is 40.5 Å². The normalized spacial score (nSPS) is 27.9. The van der Waals surface area contributed by atoms with E-state index in [1.807, 2.05) is 44.2 Å². The fourth-order valence-electron chi connectivity index (χ4n) is 10.8. The SMILES string of the molecule is CN1OC2(CC(C3CCOC(C)(C)C3)Oc3ccc(Br)cc32)N=C1N.[C-]#[N+]c1ccc(F)c(-c2ccc3c(c2)C2(CC(C4CCOC(C)(C)C4)O3)N=C(N)N(C)O2)c1.[C-]#[N+]c1ccc(F)c(B2OCC(C)(C)CO2)c1. The molecule has 0 aliphatic carbocycles. The summed E-state index contributed by atoms with van der Waals surface area (Å²) in [5.74, 6) is 1.99. The zero-order valence-corrected chi connectivity index (χ0v) is 45.2. The summed E-state index contributed by atoms with van der Waals surface area (Å²) in [6.45, 7) is 29.1. The van der Waals surface area contributed by atoms with E-state index in [2.05, 4.69) is 53.3 Å². The number of hydrogen-bond donors (Lipinski definition) is 2. The van der Waals surface area contributed by atoms with Crippen molar-refractivity contribution in [3.63, 3.8) is 0 Å². The Morgan fingerprint density at radius 3 is 1.64 bits per heavy atom. The van der Waals surface area contributed by atoms with E-state index in [4.69, 9.17) is 72.5 Å². The maximum absolute atomic E-state index is 14.7. The van der Waals surface area contributed by atoms with Gasteiger partial charge in [0.15, 0.2) is 11.4 Å². The second-order valence-electron chi connectivity index (χ2n) is 22.2. The molecule has 3 saturated heterocycles. The monoisotopic (exact) mass is 1090 g/mol. The molecule has 20 heteroatoms. The summed E-state index contributed by atoms with van der Waals surface area (Å²) in [6, 6.07) is 20.0. The topological polar surface area (TPSA) is 166 Å². The van der Waals surface area contributed by atoms with Gasteiger partial charge in [-0.05, 0) is 107 Å². The molecule has 396 valence electrons. The molecule has 7 heterocycles. The molecule has 11 rings (SSSR count). The standard InChI is InChI=1S/C25H27FN4O3.C18H24BrN3O3.C12H13BFNO2/c1-24(2)13-16(9-10-31-24)22-14-25(29-23(27)30(4)33-25)19-11-15(5-8-21(19)32-22)18-12-17(28-3)6-7-20(18)26;1-17(2)9-11(6-7-23-17)15-10-18(21-16(20)22(3)25-18)13-8-12(19)4-5-14(13)24-15;1-12(2)7-16-13(17-8-12)10-6-9(15-3)4-5-11(10)14/h5-8,11-12,16,22H,9-10,13-14H2,1-2,4H3,(H2,27,29);4-5,8,11,15H,6-7,9-10H2,1-3H3,(H2,20,21);4-6H,7-8H2,1-2H3. The molecule has 3 fully saturated rings. The molecule has 0 aromatic heterocycles. The Morgan fingerprint density at radius 2 is 1.15 bits per heavy atom. The molecule has 4 N–H and O–H groups in total. The van der Waals surface area contributed by atoms with E-state index in [0.29, 0.717) is 83.8 Å². The van der Waals surface area contributed by atoms with Gasteiger partial charge in [0.25, 0.3) is 0 Å². The largest absolute Gasteiger partial charge is 0.495 e. The van der Waals surface area contributed by atoms with Gasteiger partial charge in [0.05, 0.1) is 35.5 Å². The summed E-state index contributed by atoms with van der Waals surface area (Å²) in [5, 5.41) is 3.01. The Kier molecular flexibility index (Phi) is 15.1. The lowest BCUT2D eigenvalue weighted by molar-refractivity contribution is -0.199. The van der Waals surface area contributed by atoms with Gasteiger partial charge in [-0.25, -0.2) is 48.3 Å². The summed E-state index contributed by atoms with van der Waals surface area (Å²) >= 11 is 3.54. The second-order valence-corrected chi connectivity index (χ2v) is 23.1. The first-order valence-corrected chi connectivity index (χ1v) is 26.0. The number of nitrogens with zero attached hydrogens (tertiary/aromatic N) is 6. The summed E-state index contributed by atoms with van der Waals surface area (Å²) < 4.78 is 64.9. The lowest BCUT2D eigenvalue weighted by Gasteiger charge is -2.44. The number of guanidine groups is 2. The molecule has 6 atom stereocenters. The van der Waals surface area contributed by atoms with Gasteiger partial charge in [0.1, 0.15) is 35.3 Å². The van der Waals surface area contributed by atoms with Crippen molar-refractivity contribution in [2.45, 2.75) is 115 Å². The Labute approximate surface area is 446 Å². The fourth-order valence-corrected chi connectivity index (χ4v) is 11.2. The summed E-state index contributed by atoms with van der Waals surface area (Å²) in [6.07, 6.45) is 4.70. The minimum Gasteiger partial charge on any atom is -0.489 e. The molecule has 4 aromatic rings. The van der Waals surface area contributed by atoms with E-state index in [1.54, 1.807) is 31.3 Å². The third-order valence-corrected chi connectivity index (χ3v) is 15.1. The minimum absolute atomic E-state index is 0.0138. The summed E-state index contributed by atoms with van der Waals surface area (Å²) in [7, 11) is 2.80. The predicted octanol–water partition coefficient (Wildman–Crippen LogP) is 10.0. The molecule has 7 aliphatic rings. The van der Waals surface area contributed by atoms with Crippen LogP contribution in [0.4, 0.5) is 20.2 Å². The molecule has 75 heavy (non-hydrogen) atoms. The van der Waals surface area contributed by atoms with Crippen molar-refractivity contribution >= 4 is 51.8 Å². The lowest BCUT2D eigenvalue weighted by Crippen LogP contribution is -2.48. The Hall–Kier alpha value is -5.84. The van der Waals surface area contributed by atoms with Gasteiger partial charge < -0.3 is 39.7 Å². The van der Waals surface area contributed by atoms with Crippen LogP contribution in [-0.2, 0) is 39.9 Å². The minimum atomic E-state index is -1.05. The molecule has 0 bridgehead atoms. The molecule has 4 aromatic carbocycles. The number of ether oxygens (including phenoxy) is 4. The van der Waals surface area contributed by atoms with Gasteiger partial charge in [-0.2, -0.15) is 0 Å². The van der Waals surface area contributed by atoms with Crippen molar-refractivity contribution in [2.24, 2.45) is 38.7 Å². The Balaban J connectivity index is 0.000000145.